The Kier molecular flexibility index (Phi) is 6.07. The second kappa shape index (κ2) is 8.67. The minimum absolute atomic E-state index is 0.127. The molecule has 3 rings (SSSR count). The van der Waals surface area contributed by atoms with E-state index in [0.29, 0.717) is 13.0 Å². The van der Waals surface area contributed by atoms with Crippen molar-refractivity contribution in [2.24, 2.45) is 0 Å². The molecule has 132 valence electrons. The predicted octanol–water partition coefficient (Wildman–Crippen LogP) is 2.80. The second-order valence-corrected chi connectivity index (χ2v) is 6.50. The molecule has 2 aromatic rings. The van der Waals surface area contributed by atoms with Crippen molar-refractivity contribution < 1.29 is 9.53 Å². The first kappa shape index (κ1) is 17.5. The molecule has 1 aliphatic rings. The van der Waals surface area contributed by atoms with Gasteiger partial charge in [0.1, 0.15) is 5.75 Å². The van der Waals surface area contributed by atoms with E-state index in [-0.39, 0.29) is 5.91 Å². The number of amides is 1. The Morgan fingerprint density at radius 3 is 2.84 bits per heavy atom. The molecule has 4 heteroatoms. The molecule has 0 saturated heterocycles. The van der Waals surface area contributed by atoms with Gasteiger partial charge in [-0.15, -0.1) is 0 Å². The second-order valence-electron chi connectivity index (χ2n) is 6.50. The van der Waals surface area contributed by atoms with Crippen LogP contribution >= 0.6 is 0 Å². The smallest absolute Gasteiger partial charge is 0.221 e. The van der Waals surface area contributed by atoms with Gasteiger partial charge < -0.3 is 10.1 Å². The lowest BCUT2D eigenvalue weighted by Crippen LogP contribution is -2.35. The molecule has 2 aromatic carbocycles. The Morgan fingerprint density at radius 1 is 1.16 bits per heavy atom. The maximum absolute atomic E-state index is 12.1. The fourth-order valence-electron chi connectivity index (χ4n) is 3.27. The summed E-state index contributed by atoms with van der Waals surface area (Å²) in [5, 5.41) is 3.02. The molecule has 0 spiro atoms. The largest absolute Gasteiger partial charge is 0.497 e. The highest BCUT2D eigenvalue weighted by molar-refractivity contribution is 5.76. The average molecular weight is 338 g/mol. The number of methoxy groups -OCH3 is 1. The molecule has 1 amide bonds. The molecule has 0 atom stereocenters. The van der Waals surface area contributed by atoms with Gasteiger partial charge in [0.2, 0.25) is 5.91 Å². The van der Waals surface area contributed by atoms with Crippen molar-refractivity contribution in [3.63, 3.8) is 0 Å². The number of carbonyl (C=O) groups is 1. The molecule has 0 radical (unpaired) electrons. The summed E-state index contributed by atoms with van der Waals surface area (Å²) in [6, 6.07) is 16.6. The van der Waals surface area contributed by atoms with Crippen LogP contribution in [-0.2, 0) is 24.2 Å². The van der Waals surface area contributed by atoms with Gasteiger partial charge in [0, 0.05) is 32.6 Å². The van der Waals surface area contributed by atoms with E-state index in [2.05, 4.69) is 40.5 Å². The molecule has 0 fully saturated rings. The number of fused-ring (bicyclic) bond motifs is 1. The minimum Gasteiger partial charge on any atom is -0.497 e. The first-order valence-electron chi connectivity index (χ1n) is 8.93. The average Bonchev–Trinajstić information content (AvgIpc) is 2.66. The normalized spacial score (nSPS) is 14.0. The van der Waals surface area contributed by atoms with Gasteiger partial charge in [0.15, 0.2) is 0 Å². The summed E-state index contributed by atoms with van der Waals surface area (Å²) in [7, 11) is 1.67. The molecule has 0 saturated carbocycles. The van der Waals surface area contributed by atoms with Crippen molar-refractivity contribution in [2.45, 2.75) is 25.8 Å². The number of nitrogens with zero attached hydrogens (tertiary/aromatic N) is 1. The topological polar surface area (TPSA) is 41.6 Å². The van der Waals surface area contributed by atoms with Gasteiger partial charge in [-0.25, -0.2) is 0 Å². The van der Waals surface area contributed by atoms with Crippen LogP contribution < -0.4 is 10.1 Å². The number of hydrogen-bond donors (Lipinski definition) is 1. The van der Waals surface area contributed by atoms with Crippen molar-refractivity contribution in [1.82, 2.24) is 10.2 Å². The monoisotopic (exact) mass is 338 g/mol. The number of nitrogens with one attached hydrogen (secondary N) is 1. The summed E-state index contributed by atoms with van der Waals surface area (Å²) >= 11 is 0. The van der Waals surface area contributed by atoms with Crippen LogP contribution in [0.3, 0.4) is 0 Å². The lowest BCUT2D eigenvalue weighted by atomic mass is 10.00. The fraction of sp³-hybridized carbons (Fsp3) is 0.381. The molecule has 0 aliphatic carbocycles. The van der Waals surface area contributed by atoms with Crippen molar-refractivity contribution in [3.05, 3.63) is 65.2 Å². The van der Waals surface area contributed by atoms with Crippen molar-refractivity contribution in [2.75, 3.05) is 26.7 Å². The number of benzene rings is 2. The predicted molar refractivity (Wildman–Crippen MR) is 99.7 cm³/mol. The number of hydrogen-bond acceptors (Lipinski definition) is 3. The summed E-state index contributed by atoms with van der Waals surface area (Å²) in [5.41, 5.74) is 4.01. The van der Waals surface area contributed by atoms with Gasteiger partial charge in [-0.05, 0) is 41.7 Å². The Balaban J connectivity index is 1.37. The van der Waals surface area contributed by atoms with Crippen LogP contribution in [0, 0.1) is 0 Å². The highest BCUT2D eigenvalue weighted by Crippen LogP contribution is 2.18. The first-order valence-corrected chi connectivity index (χ1v) is 8.93. The van der Waals surface area contributed by atoms with Crippen LogP contribution in [0.4, 0.5) is 0 Å². The Bertz CT molecular complexity index is 715. The first-order chi connectivity index (χ1) is 12.2. The highest BCUT2D eigenvalue weighted by Gasteiger charge is 2.16. The number of ether oxygens (including phenoxy) is 1. The van der Waals surface area contributed by atoms with E-state index in [1.165, 1.54) is 16.7 Å². The summed E-state index contributed by atoms with van der Waals surface area (Å²) in [6.45, 7) is 3.47. The summed E-state index contributed by atoms with van der Waals surface area (Å²) in [4.78, 5) is 14.4. The van der Waals surface area contributed by atoms with E-state index in [1.54, 1.807) is 7.11 Å². The van der Waals surface area contributed by atoms with Gasteiger partial charge in [-0.1, -0.05) is 36.4 Å². The van der Waals surface area contributed by atoms with Crippen molar-refractivity contribution in [3.8, 4) is 5.75 Å². The zero-order valence-electron chi connectivity index (χ0n) is 14.8. The lowest BCUT2D eigenvalue weighted by Gasteiger charge is -2.28. The molecule has 1 N–H and O–H groups in total. The zero-order valence-corrected chi connectivity index (χ0v) is 14.8. The third kappa shape index (κ3) is 5.07. The minimum atomic E-state index is 0.127. The third-order valence-electron chi connectivity index (χ3n) is 4.73. The van der Waals surface area contributed by atoms with Crippen LogP contribution in [0.1, 0.15) is 23.1 Å². The SMILES string of the molecule is COc1cccc(CCNC(=O)CCN2CCc3ccccc3C2)c1. The maximum Gasteiger partial charge on any atom is 0.221 e. The van der Waals surface area contributed by atoms with Crippen LogP contribution in [0.5, 0.6) is 5.75 Å². The molecule has 1 heterocycles. The summed E-state index contributed by atoms with van der Waals surface area (Å²) < 4.78 is 5.22. The Hall–Kier alpha value is -2.33. The van der Waals surface area contributed by atoms with E-state index in [9.17, 15) is 4.79 Å². The molecule has 0 unspecified atom stereocenters. The molecular weight excluding hydrogens is 312 g/mol. The van der Waals surface area contributed by atoms with E-state index < -0.39 is 0 Å². The Labute approximate surface area is 149 Å². The van der Waals surface area contributed by atoms with Crippen LogP contribution in [-0.4, -0.2) is 37.6 Å². The molecular formula is C21H26N2O2. The Morgan fingerprint density at radius 2 is 2.00 bits per heavy atom. The molecule has 25 heavy (non-hydrogen) atoms. The van der Waals surface area contributed by atoms with E-state index in [1.807, 2.05) is 18.2 Å². The third-order valence-corrected chi connectivity index (χ3v) is 4.73. The summed E-state index contributed by atoms with van der Waals surface area (Å²) in [6.07, 6.45) is 2.45. The quantitative estimate of drug-likeness (QED) is 0.844. The van der Waals surface area contributed by atoms with Crippen molar-refractivity contribution >= 4 is 5.91 Å². The van der Waals surface area contributed by atoms with E-state index >= 15 is 0 Å². The van der Waals surface area contributed by atoms with Crippen molar-refractivity contribution in [1.29, 1.82) is 0 Å². The summed E-state index contributed by atoms with van der Waals surface area (Å²) in [5.74, 6) is 0.982. The van der Waals surface area contributed by atoms with E-state index in [0.717, 1.165) is 38.2 Å². The molecule has 4 nitrogen and oxygen atoms in total. The fourth-order valence-corrected chi connectivity index (χ4v) is 3.27. The van der Waals surface area contributed by atoms with Gasteiger partial charge in [0.25, 0.3) is 0 Å². The van der Waals surface area contributed by atoms with E-state index in [4.69, 9.17) is 4.74 Å². The number of rotatable bonds is 7. The van der Waals surface area contributed by atoms with Crippen LogP contribution in [0.15, 0.2) is 48.5 Å². The highest BCUT2D eigenvalue weighted by atomic mass is 16.5. The lowest BCUT2D eigenvalue weighted by molar-refractivity contribution is -0.121. The number of carbonyl (C=O) groups excluding carboxylic acids is 1. The van der Waals surface area contributed by atoms with Crippen LogP contribution in [0.2, 0.25) is 0 Å². The van der Waals surface area contributed by atoms with Gasteiger partial charge in [0.05, 0.1) is 7.11 Å². The van der Waals surface area contributed by atoms with Gasteiger partial charge in [-0.2, -0.15) is 0 Å². The zero-order chi connectivity index (χ0) is 17.5. The van der Waals surface area contributed by atoms with Gasteiger partial charge >= 0.3 is 0 Å². The van der Waals surface area contributed by atoms with Crippen LogP contribution in [0.25, 0.3) is 0 Å². The molecule has 0 bridgehead atoms. The molecule has 1 aliphatic heterocycles. The maximum atomic E-state index is 12.1. The molecule has 0 aromatic heterocycles. The standard InChI is InChI=1S/C21H26N2O2/c1-25-20-8-4-5-17(15-20)9-12-22-21(24)11-14-23-13-10-18-6-2-3-7-19(18)16-23/h2-8,15H,9-14,16H2,1H3,(H,22,24). The van der Waals surface area contributed by atoms with Gasteiger partial charge in [-0.3, -0.25) is 9.69 Å².